The minimum atomic E-state index is -0.0472. The number of benzene rings is 1. The van der Waals surface area contributed by atoms with E-state index in [9.17, 15) is 4.79 Å². The normalized spacial score (nSPS) is 12.1. The third-order valence-electron chi connectivity index (χ3n) is 4.36. The van der Waals surface area contributed by atoms with Gasteiger partial charge >= 0.3 is 0 Å². The molecule has 1 N–H and O–H groups in total. The molecule has 1 unspecified atom stereocenters. The van der Waals surface area contributed by atoms with Gasteiger partial charge in [0.2, 0.25) is 5.91 Å². The molecule has 1 amide bonds. The number of rotatable bonds is 6. The van der Waals surface area contributed by atoms with Crippen molar-refractivity contribution in [2.24, 2.45) is 0 Å². The Morgan fingerprint density at radius 2 is 2.04 bits per heavy atom. The molecule has 130 valence electrons. The Morgan fingerprint density at radius 3 is 2.64 bits per heavy atom. The Morgan fingerprint density at radius 1 is 1.28 bits per heavy atom. The van der Waals surface area contributed by atoms with Crippen LogP contribution in [0.4, 0.5) is 0 Å². The van der Waals surface area contributed by atoms with Gasteiger partial charge in [-0.15, -0.1) is 0 Å². The number of carbonyl (C=O) groups excluding carboxylic acids is 1. The lowest BCUT2D eigenvalue weighted by Crippen LogP contribution is -2.26. The summed E-state index contributed by atoms with van der Waals surface area (Å²) in [5.41, 5.74) is 3.98. The Hall–Kier alpha value is -2.89. The van der Waals surface area contributed by atoms with Crippen molar-refractivity contribution in [3.05, 3.63) is 65.6 Å². The van der Waals surface area contributed by atoms with E-state index in [1.807, 2.05) is 55.8 Å². The lowest BCUT2D eigenvalue weighted by atomic mass is 10.1. The summed E-state index contributed by atoms with van der Waals surface area (Å²) in [4.78, 5) is 16.3. The summed E-state index contributed by atoms with van der Waals surface area (Å²) in [7, 11) is 0. The molecule has 0 aliphatic heterocycles. The first-order valence-corrected chi connectivity index (χ1v) is 8.34. The van der Waals surface area contributed by atoms with Crippen LogP contribution in [0, 0.1) is 13.8 Å². The van der Waals surface area contributed by atoms with Gasteiger partial charge in [-0.1, -0.05) is 17.3 Å². The first-order chi connectivity index (χ1) is 12.0. The second-order valence-electron chi connectivity index (χ2n) is 6.15. The summed E-state index contributed by atoms with van der Waals surface area (Å²) >= 11 is 0. The quantitative estimate of drug-likeness (QED) is 0.748. The molecular formula is C19H22N4O2. The molecule has 0 saturated heterocycles. The van der Waals surface area contributed by atoms with Crippen LogP contribution in [0.5, 0.6) is 0 Å². The zero-order chi connectivity index (χ0) is 17.8. The van der Waals surface area contributed by atoms with Crippen molar-refractivity contribution < 1.29 is 9.32 Å². The Balaban J connectivity index is 1.56. The molecule has 0 saturated carbocycles. The van der Waals surface area contributed by atoms with Crippen LogP contribution in [0.25, 0.3) is 5.69 Å². The molecule has 2 heterocycles. The summed E-state index contributed by atoms with van der Waals surface area (Å²) < 4.78 is 7.07. The van der Waals surface area contributed by atoms with Crippen molar-refractivity contribution >= 4 is 5.91 Å². The maximum absolute atomic E-state index is 12.2. The second-order valence-corrected chi connectivity index (χ2v) is 6.15. The summed E-state index contributed by atoms with van der Waals surface area (Å²) in [5.74, 6) is 0.805. The fourth-order valence-corrected chi connectivity index (χ4v) is 2.84. The molecule has 0 fully saturated rings. The smallest absolute Gasteiger partial charge is 0.220 e. The maximum Gasteiger partial charge on any atom is 0.220 e. The average molecular weight is 338 g/mol. The van der Waals surface area contributed by atoms with E-state index in [0.717, 1.165) is 28.3 Å². The number of nitrogens with zero attached hydrogens (tertiary/aromatic N) is 3. The Kier molecular flexibility index (Phi) is 4.97. The van der Waals surface area contributed by atoms with Crippen LogP contribution in [0.1, 0.15) is 42.0 Å². The molecule has 25 heavy (non-hydrogen) atoms. The van der Waals surface area contributed by atoms with Crippen molar-refractivity contribution in [2.75, 3.05) is 0 Å². The van der Waals surface area contributed by atoms with Crippen molar-refractivity contribution in [2.45, 2.75) is 39.7 Å². The van der Waals surface area contributed by atoms with Gasteiger partial charge in [0, 0.05) is 30.1 Å². The van der Waals surface area contributed by atoms with Crippen LogP contribution < -0.4 is 5.32 Å². The van der Waals surface area contributed by atoms with E-state index in [1.54, 1.807) is 12.5 Å². The summed E-state index contributed by atoms with van der Waals surface area (Å²) in [6.45, 7) is 5.76. The molecule has 2 aromatic heterocycles. The molecule has 6 nitrogen and oxygen atoms in total. The van der Waals surface area contributed by atoms with Crippen molar-refractivity contribution in [1.29, 1.82) is 0 Å². The lowest BCUT2D eigenvalue weighted by Gasteiger charge is -2.15. The number of hydrogen-bond donors (Lipinski definition) is 1. The van der Waals surface area contributed by atoms with Gasteiger partial charge in [0.05, 0.1) is 18.1 Å². The second kappa shape index (κ2) is 7.34. The van der Waals surface area contributed by atoms with Crippen LogP contribution in [0.2, 0.25) is 0 Å². The lowest BCUT2D eigenvalue weighted by molar-refractivity contribution is -0.121. The number of nitrogens with one attached hydrogen (secondary N) is 1. The van der Waals surface area contributed by atoms with E-state index >= 15 is 0 Å². The predicted octanol–water partition coefficient (Wildman–Crippen LogP) is 3.29. The number of aryl methyl sites for hydroxylation is 2. The topological polar surface area (TPSA) is 73.0 Å². The molecule has 0 spiro atoms. The summed E-state index contributed by atoms with van der Waals surface area (Å²) in [6.07, 6.45) is 6.46. The SMILES string of the molecule is Cc1noc(C)c1CCC(=O)NC(C)c1ccc(-n2ccnc2)cc1. The first kappa shape index (κ1) is 17.0. The molecule has 1 aromatic carbocycles. The minimum absolute atomic E-state index is 0.0196. The highest BCUT2D eigenvalue weighted by Gasteiger charge is 2.13. The van der Waals surface area contributed by atoms with Crippen molar-refractivity contribution in [1.82, 2.24) is 20.0 Å². The van der Waals surface area contributed by atoms with Gasteiger partial charge < -0.3 is 14.4 Å². The maximum atomic E-state index is 12.2. The number of aromatic nitrogens is 3. The minimum Gasteiger partial charge on any atom is -0.361 e. The third kappa shape index (κ3) is 3.96. The van der Waals surface area contributed by atoms with Crippen LogP contribution in [-0.4, -0.2) is 20.6 Å². The standard InChI is InChI=1S/C19H22N4O2/c1-13(16-4-6-17(7-5-16)23-11-10-20-12-23)21-19(24)9-8-18-14(2)22-25-15(18)3/h4-7,10-13H,8-9H2,1-3H3,(H,21,24). The molecule has 6 heteroatoms. The Bertz CT molecular complexity index is 815. The molecular weight excluding hydrogens is 316 g/mol. The van der Waals surface area contributed by atoms with Crippen LogP contribution in [0.3, 0.4) is 0 Å². The third-order valence-corrected chi connectivity index (χ3v) is 4.36. The van der Waals surface area contributed by atoms with Gasteiger partial charge in [-0.2, -0.15) is 0 Å². The molecule has 0 radical (unpaired) electrons. The van der Waals surface area contributed by atoms with Crippen molar-refractivity contribution in [3.8, 4) is 5.69 Å². The van der Waals surface area contributed by atoms with Gasteiger partial charge in [-0.3, -0.25) is 4.79 Å². The summed E-state index contributed by atoms with van der Waals surface area (Å²) in [6, 6.07) is 8.03. The Labute approximate surface area is 146 Å². The molecule has 0 bridgehead atoms. The van der Waals surface area contributed by atoms with Crippen LogP contribution >= 0.6 is 0 Å². The molecule has 3 aromatic rings. The molecule has 0 aliphatic carbocycles. The fourth-order valence-electron chi connectivity index (χ4n) is 2.84. The first-order valence-electron chi connectivity index (χ1n) is 8.34. The highest BCUT2D eigenvalue weighted by Crippen LogP contribution is 2.17. The molecule has 3 rings (SSSR count). The van der Waals surface area contributed by atoms with Crippen LogP contribution in [0.15, 0.2) is 47.5 Å². The van der Waals surface area contributed by atoms with E-state index < -0.39 is 0 Å². The highest BCUT2D eigenvalue weighted by atomic mass is 16.5. The number of amides is 1. The van der Waals surface area contributed by atoms with E-state index in [1.165, 1.54) is 0 Å². The van der Waals surface area contributed by atoms with E-state index in [-0.39, 0.29) is 11.9 Å². The predicted molar refractivity (Wildman–Crippen MR) is 94.4 cm³/mol. The average Bonchev–Trinajstić information content (AvgIpc) is 3.24. The fraction of sp³-hybridized carbons (Fsp3) is 0.316. The number of imidazole rings is 1. The zero-order valence-electron chi connectivity index (χ0n) is 14.7. The van der Waals surface area contributed by atoms with E-state index in [0.29, 0.717) is 12.8 Å². The van der Waals surface area contributed by atoms with Gasteiger partial charge in [0.15, 0.2) is 0 Å². The van der Waals surface area contributed by atoms with Crippen LogP contribution in [-0.2, 0) is 11.2 Å². The van der Waals surface area contributed by atoms with E-state index in [4.69, 9.17) is 4.52 Å². The van der Waals surface area contributed by atoms with E-state index in [2.05, 4.69) is 15.5 Å². The monoisotopic (exact) mass is 338 g/mol. The van der Waals surface area contributed by atoms with Gasteiger partial charge in [-0.05, 0) is 44.9 Å². The number of carbonyl (C=O) groups is 1. The van der Waals surface area contributed by atoms with Gasteiger partial charge in [0.1, 0.15) is 5.76 Å². The molecule has 1 atom stereocenters. The number of hydrogen-bond acceptors (Lipinski definition) is 4. The summed E-state index contributed by atoms with van der Waals surface area (Å²) in [5, 5.41) is 6.96. The highest BCUT2D eigenvalue weighted by molar-refractivity contribution is 5.76. The van der Waals surface area contributed by atoms with Gasteiger partial charge in [-0.25, -0.2) is 4.98 Å². The molecule has 0 aliphatic rings. The van der Waals surface area contributed by atoms with Crippen molar-refractivity contribution in [3.63, 3.8) is 0 Å². The van der Waals surface area contributed by atoms with Gasteiger partial charge in [0.25, 0.3) is 0 Å². The largest absolute Gasteiger partial charge is 0.361 e. The zero-order valence-corrected chi connectivity index (χ0v) is 14.7.